The molecule has 1 aliphatic rings. The van der Waals surface area contributed by atoms with Crippen LogP contribution in [0.15, 0.2) is 140 Å². The topological polar surface area (TPSA) is 18.5 Å². The molecule has 35 heavy (non-hydrogen) atoms. The lowest BCUT2D eigenvalue weighted by molar-refractivity contribution is 0.242. The molecular formula is C33H38O2. The average Bonchev–Trinajstić information content (AvgIpc) is 3.16. The van der Waals surface area contributed by atoms with Crippen LogP contribution in [0.5, 0.6) is 0 Å². The van der Waals surface area contributed by atoms with Crippen molar-refractivity contribution < 1.29 is 9.47 Å². The van der Waals surface area contributed by atoms with Gasteiger partial charge in [-0.1, -0.05) is 92.6 Å². The molecule has 0 aromatic heterocycles. The van der Waals surface area contributed by atoms with Crippen LogP contribution in [0.1, 0.15) is 38.8 Å². The zero-order valence-corrected chi connectivity index (χ0v) is 21.6. The monoisotopic (exact) mass is 466 g/mol. The van der Waals surface area contributed by atoms with Gasteiger partial charge in [0.2, 0.25) is 0 Å². The molecule has 0 radical (unpaired) electrons. The highest BCUT2D eigenvalue weighted by atomic mass is 16.5. The lowest BCUT2D eigenvalue weighted by atomic mass is 9.66. The summed E-state index contributed by atoms with van der Waals surface area (Å²) in [6.45, 7) is 25.4. The van der Waals surface area contributed by atoms with E-state index < -0.39 is 5.41 Å². The SMILES string of the molecule is C=CC1=C(/C=C\C)C(/C(C)=C/C=C(\C=C)OCC)(/C(C=C)=C/C=C(\C=C)OCC)c2ccccc21. The summed E-state index contributed by atoms with van der Waals surface area (Å²) in [6.07, 6.45) is 19.7. The summed E-state index contributed by atoms with van der Waals surface area (Å²) in [5, 5.41) is 0. The molecule has 2 rings (SSSR count). The van der Waals surface area contributed by atoms with Gasteiger partial charge in [0.25, 0.3) is 0 Å². The van der Waals surface area contributed by atoms with Crippen LogP contribution >= 0.6 is 0 Å². The molecular weight excluding hydrogens is 428 g/mol. The van der Waals surface area contributed by atoms with Crippen LogP contribution < -0.4 is 0 Å². The van der Waals surface area contributed by atoms with E-state index in [0.29, 0.717) is 19.0 Å². The Kier molecular flexibility index (Phi) is 10.4. The van der Waals surface area contributed by atoms with Gasteiger partial charge in [0, 0.05) is 0 Å². The van der Waals surface area contributed by atoms with Crippen LogP contribution in [-0.2, 0) is 14.9 Å². The van der Waals surface area contributed by atoms with E-state index in [9.17, 15) is 0 Å². The van der Waals surface area contributed by atoms with E-state index in [-0.39, 0.29) is 0 Å². The van der Waals surface area contributed by atoms with Gasteiger partial charge in [0.15, 0.2) is 0 Å². The summed E-state index contributed by atoms with van der Waals surface area (Å²) >= 11 is 0. The normalized spacial score (nSPS) is 19.0. The van der Waals surface area contributed by atoms with Crippen LogP contribution in [0.3, 0.4) is 0 Å². The van der Waals surface area contributed by atoms with Crippen molar-refractivity contribution in [2.24, 2.45) is 0 Å². The van der Waals surface area contributed by atoms with E-state index in [1.165, 1.54) is 5.56 Å². The molecule has 2 nitrogen and oxygen atoms in total. The predicted octanol–water partition coefficient (Wildman–Crippen LogP) is 8.73. The fraction of sp³-hybridized carbons (Fsp3) is 0.212. The molecule has 0 spiro atoms. The van der Waals surface area contributed by atoms with E-state index in [1.54, 1.807) is 12.2 Å². The molecule has 1 aromatic rings. The number of fused-ring (bicyclic) bond motifs is 1. The minimum atomic E-state index is -0.585. The molecule has 182 valence electrons. The molecule has 1 aliphatic carbocycles. The number of hydrogen-bond donors (Lipinski definition) is 0. The largest absolute Gasteiger partial charge is 0.494 e. The Morgan fingerprint density at radius 1 is 0.857 bits per heavy atom. The van der Waals surface area contributed by atoms with Crippen molar-refractivity contribution in [1.82, 2.24) is 0 Å². The molecule has 0 saturated carbocycles. The second-order valence-corrected chi connectivity index (χ2v) is 7.92. The van der Waals surface area contributed by atoms with E-state index in [1.807, 2.05) is 45.1 Å². The van der Waals surface area contributed by atoms with Gasteiger partial charge in [-0.3, -0.25) is 0 Å². The van der Waals surface area contributed by atoms with Crippen molar-refractivity contribution in [3.63, 3.8) is 0 Å². The lowest BCUT2D eigenvalue weighted by Gasteiger charge is -2.36. The first kappa shape index (κ1) is 27.5. The Morgan fingerprint density at radius 2 is 1.46 bits per heavy atom. The number of benzene rings is 1. The fourth-order valence-electron chi connectivity index (χ4n) is 4.64. The molecule has 0 saturated heterocycles. The highest BCUT2D eigenvalue weighted by molar-refractivity contribution is 5.91. The third-order valence-corrected chi connectivity index (χ3v) is 6.05. The Balaban J connectivity index is 3.02. The molecule has 1 aromatic carbocycles. The zero-order chi connectivity index (χ0) is 25.8. The zero-order valence-electron chi connectivity index (χ0n) is 21.6. The first-order valence-corrected chi connectivity index (χ1v) is 12.0. The Labute approximate surface area is 212 Å². The van der Waals surface area contributed by atoms with Crippen LogP contribution in [0.25, 0.3) is 5.57 Å². The van der Waals surface area contributed by atoms with Gasteiger partial charge in [-0.2, -0.15) is 0 Å². The van der Waals surface area contributed by atoms with Gasteiger partial charge in [-0.15, -0.1) is 0 Å². The van der Waals surface area contributed by atoms with Gasteiger partial charge in [0.1, 0.15) is 11.5 Å². The van der Waals surface area contributed by atoms with Crippen molar-refractivity contribution >= 4 is 5.57 Å². The third-order valence-electron chi connectivity index (χ3n) is 6.05. The summed E-state index contributed by atoms with van der Waals surface area (Å²) in [5.74, 6) is 1.43. The van der Waals surface area contributed by atoms with E-state index in [0.717, 1.165) is 33.6 Å². The lowest BCUT2D eigenvalue weighted by Crippen LogP contribution is -2.30. The summed E-state index contributed by atoms with van der Waals surface area (Å²) in [4.78, 5) is 0. The smallest absolute Gasteiger partial charge is 0.118 e. The highest BCUT2D eigenvalue weighted by Gasteiger charge is 2.46. The molecule has 0 bridgehead atoms. The van der Waals surface area contributed by atoms with Crippen molar-refractivity contribution in [3.8, 4) is 0 Å². The van der Waals surface area contributed by atoms with Gasteiger partial charge in [-0.25, -0.2) is 0 Å². The number of allylic oxidation sites excluding steroid dienone is 14. The molecule has 0 fully saturated rings. The molecule has 0 heterocycles. The van der Waals surface area contributed by atoms with Crippen molar-refractivity contribution in [1.29, 1.82) is 0 Å². The number of hydrogen-bond acceptors (Lipinski definition) is 2. The van der Waals surface area contributed by atoms with Gasteiger partial charge >= 0.3 is 0 Å². The fourth-order valence-corrected chi connectivity index (χ4v) is 4.64. The summed E-state index contributed by atoms with van der Waals surface area (Å²) < 4.78 is 11.4. The van der Waals surface area contributed by atoms with Gasteiger partial charge in [-0.05, 0) is 79.8 Å². The molecule has 1 unspecified atom stereocenters. The van der Waals surface area contributed by atoms with Crippen LogP contribution in [0.2, 0.25) is 0 Å². The molecule has 2 heteroatoms. The number of ether oxygens (including phenoxy) is 2. The Bertz CT molecular complexity index is 1150. The maximum absolute atomic E-state index is 5.72. The second kappa shape index (κ2) is 13.2. The maximum Gasteiger partial charge on any atom is 0.118 e. The first-order chi connectivity index (χ1) is 17.0. The molecule has 1 atom stereocenters. The standard InChI is InChI=1S/C33H38O2/c1-9-18-31-29(13-5)30-19-16-17-20-32(30)33(31,25(8)21-23-27(11-3)34-14-6)26(10-2)22-24-28(12-4)35-15-7/h9-13,16-24H,2-5,14-15H2,1,6-8H3/b18-9-,25-21+,26-22+,27-23+,28-24+. The molecule has 0 aliphatic heterocycles. The minimum Gasteiger partial charge on any atom is -0.494 e. The quantitative estimate of drug-likeness (QED) is 0.214. The van der Waals surface area contributed by atoms with E-state index in [2.05, 4.69) is 81.8 Å². The summed E-state index contributed by atoms with van der Waals surface area (Å²) in [6, 6.07) is 8.49. The Morgan fingerprint density at radius 3 is 1.97 bits per heavy atom. The molecule has 0 amide bonds. The van der Waals surface area contributed by atoms with Gasteiger partial charge in [0.05, 0.1) is 18.6 Å². The van der Waals surface area contributed by atoms with E-state index >= 15 is 0 Å². The van der Waals surface area contributed by atoms with Crippen molar-refractivity contribution in [3.05, 3.63) is 151 Å². The minimum absolute atomic E-state index is 0.568. The van der Waals surface area contributed by atoms with Crippen LogP contribution in [0.4, 0.5) is 0 Å². The first-order valence-electron chi connectivity index (χ1n) is 12.0. The molecule has 0 N–H and O–H groups in total. The van der Waals surface area contributed by atoms with Crippen LogP contribution in [-0.4, -0.2) is 13.2 Å². The van der Waals surface area contributed by atoms with Crippen molar-refractivity contribution in [2.75, 3.05) is 13.2 Å². The second-order valence-electron chi connectivity index (χ2n) is 7.92. The third kappa shape index (κ3) is 5.49. The maximum atomic E-state index is 5.72. The predicted molar refractivity (Wildman–Crippen MR) is 152 cm³/mol. The average molecular weight is 467 g/mol. The number of rotatable bonds is 13. The van der Waals surface area contributed by atoms with E-state index in [4.69, 9.17) is 9.47 Å². The van der Waals surface area contributed by atoms with Crippen LogP contribution in [0, 0.1) is 0 Å². The summed E-state index contributed by atoms with van der Waals surface area (Å²) in [5.41, 5.74) is 6.14. The van der Waals surface area contributed by atoms with Gasteiger partial charge < -0.3 is 9.47 Å². The highest BCUT2D eigenvalue weighted by Crippen LogP contribution is 2.56. The van der Waals surface area contributed by atoms with Crippen molar-refractivity contribution in [2.45, 2.75) is 33.1 Å². The summed E-state index contributed by atoms with van der Waals surface area (Å²) in [7, 11) is 0. The Hall–Kier alpha value is -3.78.